The molecule has 1 rings (SSSR count). The molecule has 19 heavy (non-hydrogen) atoms. The third kappa shape index (κ3) is 4.84. The number of ether oxygens (including phenoxy) is 1. The zero-order chi connectivity index (χ0) is 14.3. The molecule has 0 heterocycles. The zero-order valence-electron chi connectivity index (χ0n) is 12.4. The lowest BCUT2D eigenvalue weighted by Crippen LogP contribution is -2.20. The molecule has 0 amide bonds. The summed E-state index contributed by atoms with van der Waals surface area (Å²) in [5.41, 5.74) is 8.10. The smallest absolute Gasteiger partial charge is 0.122 e. The van der Waals surface area contributed by atoms with Crippen molar-refractivity contribution in [1.82, 2.24) is 0 Å². The lowest BCUT2D eigenvalue weighted by molar-refractivity contribution is 0.229. The molecule has 3 nitrogen and oxygen atoms in total. The summed E-state index contributed by atoms with van der Waals surface area (Å²) in [5, 5.41) is 9.23. The Balaban J connectivity index is 2.88. The summed E-state index contributed by atoms with van der Waals surface area (Å²) in [6.45, 7) is 7.86. The molecule has 1 atom stereocenters. The first-order valence-electron chi connectivity index (χ1n) is 7.18. The number of nitrogens with two attached hydrogens (primary N) is 1. The number of rotatable bonds is 8. The molecule has 0 radical (unpaired) electrons. The van der Waals surface area contributed by atoms with Gasteiger partial charge < -0.3 is 15.6 Å². The van der Waals surface area contributed by atoms with Crippen molar-refractivity contribution in [2.75, 3.05) is 19.8 Å². The number of hydrogen-bond donors (Lipinski definition) is 2. The Morgan fingerprint density at radius 3 is 2.58 bits per heavy atom. The summed E-state index contributed by atoms with van der Waals surface area (Å²) in [4.78, 5) is 0. The Morgan fingerprint density at radius 2 is 2.05 bits per heavy atom. The van der Waals surface area contributed by atoms with Crippen LogP contribution in [0.15, 0.2) is 18.2 Å². The third-order valence-corrected chi connectivity index (χ3v) is 3.27. The van der Waals surface area contributed by atoms with Gasteiger partial charge in [0.2, 0.25) is 0 Å². The summed E-state index contributed by atoms with van der Waals surface area (Å²) in [6.07, 6.45) is 1.83. The molecule has 108 valence electrons. The molecule has 0 spiro atoms. The molecule has 0 bridgehead atoms. The van der Waals surface area contributed by atoms with Crippen LogP contribution in [0.5, 0.6) is 5.75 Å². The standard InChI is InChI=1S/C16H27NO2/c1-4-7-19-16-6-5-13(8-14(10-17)11-18)9-15(16)12(2)3/h5-6,9,12,14,18H,4,7-8,10-11,17H2,1-3H3. The van der Waals surface area contributed by atoms with Crippen molar-refractivity contribution >= 4 is 0 Å². The Morgan fingerprint density at radius 1 is 1.32 bits per heavy atom. The van der Waals surface area contributed by atoms with Crippen molar-refractivity contribution in [1.29, 1.82) is 0 Å². The molecule has 0 saturated heterocycles. The summed E-state index contributed by atoms with van der Waals surface area (Å²) >= 11 is 0. The van der Waals surface area contributed by atoms with Crippen molar-refractivity contribution in [3.05, 3.63) is 29.3 Å². The number of benzene rings is 1. The Hall–Kier alpha value is -1.06. The predicted octanol–water partition coefficient (Wildman–Crippen LogP) is 2.71. The molecule has 0 aliphatic rings. The topological polar surface area (TPSA) is 55.5 Å². The molecule has 0 fully saturated rings. The van der Waals surface area contributed by atoms with E-state index in [9.17, 15) is 5.11 Å². The maximum atomic E-state index is 9.23. The Labute approximate surface area is 116 Å². The van der Waals surface area contributed by atoms with E-state index in [0.29, 0.717) is 12.5 Å². The monoisotopic (exact) mass is 265 g/mol. The van der Waals surface area contributed by atoms with Gasteiger partial charge in [-0.1, -0.05) is 32.9 Å². The summed E-state index contributed by atoms with van der Waals surface area (Å²) in [7, 11) is 0. The molecule has 3 heteroatoms. The van der Waals surface area contributed by atoms with Crippen LogP contribution in [-0.4, -0.2) is 24.9 Å². The Kier molecular flexibility index (Phi) is 6.89. The first kappa shape index (κ1) is 16.0. The van der Waals surface area contributed by atoms with Crippen LogP contribution in [0.1, 0.15) is 44.2 Å². The van der Waals surface area contributed by atoms with Gasteiger partial charge in [-0.25, -0.2) is 0 Å². The molecular formula is C16H27NO2. The van der Waals surface area contributed by atoms with E-state index in [-0.39, 0.29) is 12.5 Å². The molecule has 0 aliphatic carbocycles. The van der Waals surface area contributed by atoms with Gasteiger partial charge in [0.25, 0.3) is 0 Å². The van der Waals surface area contributed by atoms with Gasteiger partial charge in [0.05, 0.1) is 6.61 Å². The summed E-state index contributed by atoms with van der Waals surface area (Å²) in [6, 6.07) is 6.31. The average molecular weight is 265 g/mol. The van der Waals surface area contributed by atoms with Crippen LogP contribution in [0.3, 0.4) is 0 Å². The summed E-state index contributed by atoms with van der Waals surface area (Å²) in [5.74, 6) is 1.55. The first-order chi connectivity index (χ1) is 9.12. The third-order valence-electron chi connectivity index (χ3n) is 3.27. The quantitative estimate of drug-likeness (QED) is 0.760. The van der Waals surface area contributed by atoms with Crippen LogP contribution in [-0.2, 0) is 6.42 Å². The van der Waals surface area contributed by atoms with Crippen LogP contribution < -0.4 is 10.5 Å². The predicted molar refractivity (Wildman–Crippen MR) is 79.7 cm³/mol. The maximum Gasteiger partial charge on any atom is 0.122 e. The lowest BCUT2D eigenvalue weighted by atomic mass is 9.94. The largest absolute Gasteiger partial charge is 0.493 e. The van der Waals surface area contributed by atoms with E-state index < -0.39 is 0 Å². The number of hydrogen-bond acceptors (Lipinski definition) is 3. The lowest BCUT2D eigenvalue weighted by Gasteiger charge is -2.17. The molecule has 0 aliphatic heterocycles. The van der Waals surface area contributed by atoms with Gasteiger partial charge in [0.1, 0.15) is 5.75 Å². The van der Waals surface area contributed by atoms with Gasteiger partial charge in [-0.3, -0.25) is 0 Å². The van der Waals surface area contributed by atoms with Gasteiger partial charge in [0.15, 0.2) is 0 Å². The highest BCUT2D eigenvalue weighted by molar-refractivity contribution is 5.39. The highest BCUT2D eigenvalue weighted by Gasteiger charge is 2.12. The van der Waals surface area contributed by atoms with E-state index in [1.54, 1.807) is 0 Å². The van der Waals surface area contributed by atoms with Crippen LogP contribution in [0.25, 0.3) is 0 Å². The fourth-order valence-corrected chi connectivity index (χ4v) is 2.08. The van der Waals surface area contributed by atoms with Crippen LogP contribution >= 0.6 is 0 Å². The van der Waals surface area contributed by atoms with Gasteiger partial charge in [0, 0.05) is 6.61 Å². The van der Waals surface area contributed by atoms with Crippen LogP contribution in [0, 0.1) is 5.92 Å². The van der Waals surface area contributed by atoms with Crippen molar-refractivity contribution in [2.24, 2.45) is 11.7 Å². The molecular weight excluding hydrogens is 238 g/mol. The molecule has 0 saturated carbocycles. The highest BCUT2D eigenvalue weighted by Crippen LogP contribution is 2.28. The van der Waals surface area contributed by atoms with Crippen LogP contribution in [0.2, 0.25) is 0 Å². The fourth-order valence-electron chi connectivity index (χ4n) is 2.08. The minimum absolute atomic E-state index is 0.140. The minimum Gasteiger partial charge on any atom is -0.493 e. The van der Waals surface area contributed by atoms with Gasteiger partial charge in [-0.2, -0.15) is 0 Å². The molecule has 1 unspecified atom stereocenters. The van der Waals surface area contributed by atoms with Gasteiger partial charge in [-0.05, 0) is 48.4 Å². The molecule has 1 aromatic rings. The first-order valence-corrected chi connectivity index (χ1v) is 7.18. The van der Waals surface area contributed by atoms with E-state index in [0.717, 1.165) is 25.2 Å². The second-order valence-electron chi connectivity index (χ2n) is 5.36. The second kappa shape index (κ2) is 8.18. The van der Waals surface area contributed by atoms with Crippen molar-refractivity contribution in [3.8, 4) is 5.75 Å². The van der Waals surface area contributed by atoms with Crippen molar-refractivity contribution in [3.63, 3.8) is 0 Å². The van der Waals surface area contributed by atoms with E-state index in [1.165, 1.54) is 11.1 Å². The molecule has 0 aromatic heterocycles. The van der Waals surface area contributed by atoms with E-state index in [4.69, 9.17) is 10.5 Å². The van der Waals surface area contributed by atoms with Gasteiger partial charge in [-0.15, -0.1) is 0 Å². The van der Waals surface area contributed by atoms with E-state index in [1.807, 2.05) is 6.07 Å². The van der Waals surface area contributed by atoms with Crippen molar-refractivity contribution in [2.45, 2.75) is 39.5 Å². The number of aliphatic hydroxyl groups is 1. The van der Waals surface area contributed by atoms with Gasteiger partial charge >= 0.3 is 0 Å². The SMILES string of the molecule is CCCOc1ccc(CC(CN)CO)cc1C(C)C. The summed E-state index contributed by atoms with van der Waals surface area (Å²) < 4.78 is 5.79. The van der Waals surface area contributed by atoms with E-state index >= 15 is 0 Å². The molecule has 1 aromatic carbocycles. The van der Waals surface area contributed by atoms with Crippen molar-refractivity contribution < 1.29 is 9.84 Å². The maximum absolute atomic E-state index is 9.23. The normalized spacial score (nSPS) is 12.7. The number of aliphatic hydroxyl groups excluding tert-OH is 1. The van der Waals surface area contributed by atoms with Crippen LogP contribution in [0.4, 0.5) is 0 Å². The highest BCUT2D eigenvalue weighted by atomic mass is 16.5. The fraction of sp³-hybridized carbons (Fsp3) is 0.625. The van der Waals surface area contributed by atoms with E-state index in [2.05, 4.69) is 32.9 Å². The average Bonchev–Trinajstić information content (AvgIpc) is 2.42. The minimum atomic E-state index is 0.140. The molecule has 3 N–H and O–H groups in total. The second-order valence-corrected chi connectivity index (χ2v) is 5.36. The Bertz CT molecular complexity index is 373. The zero-order valence-corrected chi connectivity index (χ0v) is 12.4.